The van der Waals surface area contributed by atoms with Crippen LogP contribution >= 0.6 is 0 Å². The van der Waals surface area contributed by atoms with Gasteiger partial charge in [-0.3, -0.25) is 14.8 Å². The molecule has 0 aliphatic heterocycles. The summed E-state index contributed by atoms with van der Waals surface area (Å²) >= 11 is 0. The van der Waals surface area contributed by atoms with Crippen molar-refractivity contribution < 1.29 is 9.34 Å². The summed E-state index contributed by atoms with van der Waals surface area (Å²) in [6.45, 7) is 2.00. The van der Waals surface area contributed by atoms with Gasteiger partial charge in [0.25, 0.3) is 11.7 Å². The molecule has 3 aromatic rings. The number of nitrogens with one attached hydrogen (secondary N) is 1. The number of nitro groups is 1. The highest BCUT2D eigenvalue weighted by Gasteiger charge is 2.13. The van der Waals surface area contributed by atoms with E-state index in [0.29, 0.717) is 11.1 Å². The summed E-state index contributed by atoms with van der Waals surface area (Å²) in [4.78, 5) is 14.5. The Bertz CT molecular complexity index is 820. The second-order valence-corrected chi connectivity index (χ2v) is 4.57. The minimum atomic E-state index is -0.467. The Kier molecular flexibility index (Phi) is 3.05. The third-order valence-electron chi connectivity index (χ3n) is 3.06. The number of hydrogen-bond acceptors (Lipinski definition) is 6. The van der Waals surface area contributed by atoms with Crippen LogP contribution in [-0.2, 0) is 13.5 Å². The summed E-state index contributed by atoms with van der Waals surface area (Å²) in [7, 11) is 1.83. The van der Waals surface area contributed by atoms with Crippen molar-refractivity contribution in [2.75, 3.05) is 5.32 Å². The molecule has 0 spiro atoms. The number of aromatic nitrogens is 3. The Morgan fingerprint density at radius 2 is 2.29 bits per heavy atom. The fourth-order valence-corrected chi connectivity index (χ4v) is 2.10. The molecule has 0 amide bonds. The number of nitrogens with zero attached hydrogens (tertiary/aromatic N) is 4. The molecular weight excluding hydrogens is 274 g/mol. The van der Waals surface area contributed by atoms with Gasteiger partial charge in [0.1, 0.15) is 5.52 Å². The Hall–Kier alpha value is -2.90. The lowest BCUT2D eigenvalue weighted by Gasteiger charge is -1.98. The topological polar surface area (TPSA) is 99.0 Å². The van der Waals surface area contributed by atoms with Crippen LogP contribution in [0.15, 0.2) is 28.8 Å². The van der Waals surface area contributed by atoms with Crippen LogP contribution in [0.4, 0.5) is 17.4 Å². The van der Waals surface area contributed by atoms with Gasteiger partial charge >= 0.3 is 0 Å². The molecule has 0 fully saturated rings. The standard InChI is InChI=1S/C13H13N5O3/c1-3-9-11(7-17(2)16-9)15-13-14-10-5-4-8(18(19)20)6-12(10)21-13/h4-7H,3H2,1-2H3,(H,14,15). The van der Waals surface area contributed by atoms with E-state index in [-0.39, 0.29) is 11.7 Å². The average Bonchev–Trinajstić information content (AvgIpc) is 3.00. The van der Waals surface area contributed by atoms with E-state index in [9.17, 15) is 10.1 Å². The van der Waals surface area contributed by atoms with Crippen LogP contribution in [-0.4, -0.2) is 19.7 Å². The van der Waals surface area contributed by atoms with Crippen LogP contribution in [0.1, 0.15) is 12.6 Å². The molecule has 0 saturated carbocycles. The predicted octanol–water partition coefficient (Wildman–Crippen LogP) is 2.78. The first-order valence-corrected chi connectivity index (χ1v) is 6.41. The lowest BCUT2D eigenvalue weighted by Crippen LogP contribution is -1.93. The molecule has 21 heavy (non-hydrogen) atoms. The molecule has 108 valence electrons. The van der Waals surface area contributed by atoms with Gasteiger partial charge in [-0.1, -0.05) is 6.92 Å². The van der Waals surface area contributed by atoms with Crippen molar-refractivity contribution in [1.29, 1.82) is 0 Å². The van der Waals surface area contributed by atoms with Gasteiger partial charge in [0.2, 0.25) is 0 Å². The smallest absolute Gasteiger partial charge is 0.300 e. The summed E-state index contributed by atoms with van der Waals surface area (Å²) in [5.74, 6) is 0. The summed E-state index contributed by atoms with van der Waals surface area (Å²) in [6.07, 6.45) is 2.60. The van der Waals surface area contributed by atoms with E-state index < -0.39 is 4.92 Å². The third-order valence-corrected chi connectivity index (χ3v) is 3.06. The fourth-order valence-electron chi connectivity index (χ4n) is 2.10. The lowest BCUT2D eigenvalue weighted by atomic mass is 10.3. The molecule has 0 aliphatic rings. The Labute approximate surface area is 119 Å². The molecule has 2 aromatic heterocycles. The van der Waals surface area contributed by atoms with Gasteiger partial charge in [-0.25, -0.2) is 0 Å². The summed E-state index contributed by atoms with van der Waals surface area (Å²) in [5.41, 5.74) is 2.60. The molecule has 3 rings (SSSR count). The monoisotopic (exact) mass is 287 g/mol. The summed E-state index contributed by atoms with van der Waals surface area (Å²) < 4.78 is 7.21. The predicted molar refractivity (Wildman–Crippen MR) is 76.5 cm³/mol. The van der Waals surface area contributed by atoms with Crippen LogP contribution < -0.4 is 5.32 Å². The van der Waals surface area contributed by atoms with Crippen LogP contribution in [0.5, 0.6) is 0 Å². The molecule has 2 heterocycles. The number of oxazole rings is 1. The van der Waals surface area contributed by atoms with Crippen molar-refractivity contribution >= 4 is 28.5 Å². The highest BCUT2D eigenvalue weighted by Crippen LogP contribution is 2.26. The van der Waals surface area contributed by atoms with Crippen LogP contribution in [0.3, 0.4) is 0 Å². The first-order chi connectivity index (χ1) is 10.1. The number of aryl methyl sites for hydroxylation is 2. The number of anilines is 2. The number of benzene rings is 1. The molecule has 0 bridgehead atoms. The molecular formula is C13H13N5O3. The van der Waals surface area contributed by atoms with E-state index in [4.69, 9.17) is 4.42 Å². The van der Waals surface area contributed by atoms with Gasteiger partial charge in [-0.2, -0.15) is 10.1 Å². The number of non-ortho nitro benzene ring substituents is 1. The molecule has 0 atom stereocenters. The fraction of sp³-hybridized carbons (Fsp3) is 0.231. The van der Waals surface area contributed by atoms with Gasteiger partial charge in [-0.05, 0) is 12.5 Å². The van der Waals surface area contributed by atoms with Gasteiger partial charge in [0.05, 0.1) is 22.4 Å². The van der Waals surface area contributed by atoms with Gasteiger partial charge in [0, 0.05) is 19.3 Å². The van der Waals surface area contributed by atoms with Crippen molar-refractivity contribution in [1.82, 2.24) is 14.8 Å². The first kappa shape index (κ1) is 13.1. The molecule has 1 N–H and O–H groups in total. The van der Waals surface area contributed by atoms with E-state index >= 15 is 0 Å². The lowest BCUT2D eigenvalue weighted by molar-refractivity contribution is -0.384. The maximum atomic E-state index is 10.7. The maximum absolute atomic E-state index is 10.7. The summed E-state index contributed by atoms with van der Waals surface area (Å²) in [5, 5.41) is 18.1. The van der Waals surface area contributed by atoms with Crippen molar-refractivity contribution in [2.45, 2.75) is 13.3 Å². The Balaban J connectivity index is 1.95. The molecule has 0 unspecified atom stereocenters. The van der Waals surface area contributed by atoms with E-state index in [2.05, 4.69) is 15.4 Å². The SMILES string of the molecule is CCc1nn(C)cc1Nc1nc2ccc([N+](=O)[O-])cc2o1. The number of fused-ring (bicyclic) bond motifs is 1. The van der Waals surface area contributed by atoms with E-state index in [1.807, 2.05) is 20.2 Å². The van der Waals surface area contributed by atoms with E-state index in [1.165, 1.54) is 12.1 Å². The second-order valence-electron chi connectivity index (χ2n) is 4.57. The van der Waals surface area contributed by atoms with Crippen molar-refractivity contribution in [3.8, 4) is 0 Å². The number of rotatable bonds is 4. The molecule has 1 aromatic carbocycles. The van der Waals surface area contributed by atoms with E-state index in [0.717, 1.165) is 17.8 Å². The Morgan fingerprint density at radius 1 is 1.48 bits per heavy atom. The zero-order valence-electron chi connectivity index (χ0n) is 11.5. The zero-order chi connectivity index (χ0) is 15.0. The highest BCUT2D eigenvalue weighted by molar-refractivity contribution is 5.77. The second kappa shape index (κ2) is 4.89. The Morgan fingerprint density at radius 3 is 3.00 bits per heavy atom. The van der Waals surface area contributed by atoms with Crippen LogP contribution in [0.2, 0.25) is 0 Å². The number of hydrogen-bond donors (Lipinski definition) is 1. The van der Waals surface area contributed by atoms with Gasteiger partial charge < -0.3 is 9.73 Å². The normalized spacial score (nSPS) is 11.0. The molecule has 8 nitrogen and oxygen atoms in total. The first-order valence-electron chi connectivity index (χ1n) is 6.41. The largest absolute Gasteiger partial charge is 0.423 e. The highest BCUT2D eigenvalue weighted by atomic mass is 16.6. The van der Waals surface area contributed by atoms with Crippen LogP contribution in [0, 0.1) is 10.1 Å². The van der Waals surface area contributed by atoms with Crippen molar-refractivity contribution in [2.24, 2.45) is 7.05 Å². The summed E-state index contributed by atoms with van der Waals surface area (Å²) in [6, 6.07) is 4.60. The minimum absolute atomic E-state index is 0.0270. The number of nitro benzene ring substituents is 1. The maximum Gasteiger partial charge on any atom is 0.300 e. The minimum Gasteiger partial charge on any atom is -0.423 e. The molecule has 0 aliphatic carbocycles. The zero-order valence-corrected chi connectivity index (χ0v) is 11.5. The average molecular weight is 287 g/mol. The van der Waals surface area contributed by atoms with E-state index in [1.54, 1.807) is 10.7 Å². The quantitative estimate of drug-likeness (QED) is 0.585. The van der Waals surface area contributed by atoms with Crippen molar-refractivity contribution in [3.63, 3.8) is 0 Å². The molecule has 0 saturated heterocycles. The molecule has 0 radical (unpaired) electrons. The molecule has 8 heteroatoms. The third kappa shape index (κ3) is 2.42. The van der Waals surface area contributed by atoms with Gasteiger partial charge in [-0.15, -0.1) is 0 Å². The van der Waals surface area contributed by atoms with Crippen LogP contribution in [0.25, 0.3) is 11.1 Å². The van der Waals surface area contributed by atoms with Gasteiger partial charge in [0.15, 0.2) is 5.58 Å². The van der Waals surface area contributed by atoms with Crippen molar-refractivity contribution in [3.05, 3.63) is 40.2 Å².